The van der Waals surface area contributed by atoms with Gasteiger partial charge in [0.2, 0.25) is 5.91 Å². The molecular formula is C20H28N2O3. The number of ether oxygens (including phenoxy) is 1. The van der Waals surface area contributed by atoms with E-state index in [1.54, 1.807) is 7.11 Å². The molecule has 5 heteroatoms. The minimum Gasteiger partial charge on any atom is -0.497 e. The lowest BCUT2D eigenvalue weighted by Gasteiger charge is -2.35. The third kappa shape index (κ3) is 4.21. The zero-order valence-corrected chi connectivity index (χ0v) is 14.9. The number of Topliss-reactive ketones (excluding diaryl/α,β-unsaturated/α-hetero) is 1. The van der Waals surface area contributed by atoms with E-state index in [-0.39, 0.29) is 29.6 Å². The molecule has 0 aromatic heterocycles. The average molecular weight is 344 g/mol. The Bertz CT molecular complexity index is 606. The lowest BCUT2D eigenvalue weighted by Crippen LogP contribution is -2.45. The van der Waals surface area contributed by atoms with Crippen molar-refractivity contribution < 1.29 is 14.3 Å². The highest BCUT2D eigenvalue weighted by molar-refractivity contribution is 5.98. The molecule has 2 aliphatic rings. The summed E-state index contributed by atoms with van der Waals surface area (Å²) in [4.78, 5) is 27.3. The lowest BCUT2D eigenvalue weighted by atomic mass is 9.84. The van der Waals surface area contributed by atoms with E-state index < -0.39 is 0 Å². The van der Waals surface area contributed by atoms with Crippen LogP contribution in [-0.2, 0) is 4.79 Å². The highest BCUT2D eigenvalue weighted by Crippen LogP contribution is 2.28. The number of nitrogens with two attached hydrogens (primary N) is 1. The third-order valence-electron chi connectivity index (χ3n) is 5.62. The first-order valence-corrected chi connectivity index (χ1v) is 9.31. The van der Waals surface area contributed by atoms with Crippen LogP contribution in [0, 0.1) is 11.8 Å². The van der Waals surface area contributed by atoms with Gasteiger partial charge in [-0.3, -0.25) is 9.59 Å². The van der Waals surface area contributed by atoms with Crippen molar-refractivity contribution in [2.24, 2.45) is 17.6 Å². The van der Waals surface area contributed by atoms with E-state index in [1.165, 1.54) is 0 Å². The predicted molar refractivity (Wildman–Crippen MR) is 96.6 cm³/mol. The van der Waals surface area contributed by atoms with Gasteiger partial charge in [0.15, 0.2) is 5.78 Å². The molecule has 2 unspecified atom stereocenters. The van der Waals surface area contributed by atoms with Crippen molar-refractivity contribution in [3.05, 3.63) is 29.8 Å². The number of carbonyl (C=O) groups is 2. The van der Waals surface area contributed by atoms with Gasteiger partial charge in [-0.25, -0.2) is 0 Å². The van der Waals surface area contributed by atoms with Crippen molar-refractivity contribution in [1.82, 2.24) is 4.90 Å². The molecule has 1 amide bonds. The van der Waals surface area contributed by atoms with Crippen molar-refractivity contribution >= 4 is 11.7 Å². The summed E-state index contributed by atoms with van der Waals surface area (Å²) in [5, 5.41) is 0. The predicted octanol–water partition coefficient (Wildman–Crippen LogP) is 2.63. The molecule has 3 rings (SSSR count). The molecule has 2 atom stereocenters. The van der Waals surface area contributed by atoms with Crippen molar-refractivity contribution in [3.8, 4) is 5.75 Å². The number of piperidine rings is 1. The zero-order chi connectivity index (χ0) is 17.8. The molecule has 1 aromatic rings. The molecule has 136 valence electrons. The monoisotopic (exact) mass is 344 g/mol. The van der Waals surface area contributed by atoms with Gasteiger partial charge in [-0.15, -0.1) is 0 Å². The Morgan fingerprint density at radius 1 is 1.04 bits per heavy atom. The number of nitrogens with zero attached hydrogens (tertiary/aromatic N) is 1. The Labute approximate surface area is 149 Å². The number of ketones is 1. The SMILES string of the molecule is COc1ccc(C(=O)C2CCN(C(=O)C3CCCC(N)C3)CC2)cc1. The first-order chi connectivity index (χ1) is 12.1. The molecule has 0 radical (unpaired) electrons. The van der Waals surface area contributed by atoms with E-state index in [0.29, 0.717) is 13.1 Å². The van der Waals surface area contributed by atoms with Crippen molar-refractivity contribution in [3.63, 3.8) is 0 Å². The van der Waals surface area contributed by atoms with Crippen LogP contribution in [0.3, 0.4) is 0 Å². The second-order valence-electron chi connectivity index (χ2n) is 7.32. The number of carbonyl (C=O) groups excluding carboxylic acids is 2. The normalized spacial score (nSPS) is 24.8. The highest BCUT2D eigenvalue weighted by atomic mass is 16.5. The van der Waals surface area contributed by atoms with Crippen molar-refractivity contribution in [2.75, 3.05) is 20.2 Å². The van der Waals surface area contributed by atoms with Crippen molar-refractivity contribution in [1.29, 1.82) is 0 Å². The molecule has 5 nitrogen and oxygen atoms in total. The maximum Gasteiger partial charge on any atom is 0.225 e. The van der Waals surface area contributed by atoms with Crippen LogP contribution < -0.4 is 10.5 Å². The highest BCUT2D eigenvalue weighted by Gasteiger charge is 2.33. The summed E-state index contributed by atoms with van der Waals surface area (Å²) in [7, 11) is 1.61. The number of rotatable bonds is 4. The number of methoxy groups -OCH3 is 1. The van der Waals surface area contributed by atoms with E-state index in [1.807, 2.05) is 29.2 Å². The molecule has 0 spiro atoms. The topological polar surface area (TPSA) is 72.6 Å². The Kier molecular flexibility index (Phi) is 5.74. The number of benzene rings is 1. The third-order valence-corrected chi connectivity index (χ3v) is 5.62. The van der Waals surface area contributed by atoms with Gasteiger partial charge < -0.3 is 15.4 Å². The van der Waals surface area contributed by atoms with Gasteiger partial charge in [-0.1, -0.05) is 6.42 Å². The molecule has 1 saturated heterocycles. The molecule has 1 aliphatic carbocycles. The van der Waals surface area contributed by atoms with E-state index in [4.69, 9.17) is 10.5 Å². The molecule has 0 bridgehead atoms. The maximum atomic E-state index is 12.7. The van der Waals surface area contributed by atoms with Gasteiger partial charge in [0.25, 0.3) is 0 Å². The largest absolute Gasteiger partial charge is 0.497 e. The molecule has 25 heavy (non-hydrogen) atoms. The smallest absolute Gasteiger partial charge is 0.225 e. The summed E-state index contributed by atoms with van der Waals surface area (Å²) in [6, 6.07) is 7.44. The van der Waals surface area contributed by atoms with Crippen LogP contribution in [0.1, 0.15) is 48.9 Å². The summed E-state index contributed by atoms with van der Waals surface area (Å²) in [5.41, 5.74) is 6.74. The minimum absolute atomic E-state index is 0.00561. The second kappa shape index (κ2) is 8.00. The summed E-state index contributed by atoms with van der Waals surface area (Å²) in [5.74, 6) is 1.26. The van der Waals surface area contributed by atoms with Crippen LogP contribution >= 0.6 is 0 Å². The zero-order valence-electron chi connectivity index (χ0n) is 14.9. The van der Waals surface area contributed by atoms with Gasteiger partial charge >= 0.3 is 0 Å². The van der Waals surface area contributed by atoms with Gasteiger partial charge in [0.1, 0.15) is 5.75 Å². The average Bonchev–Trinajstić information content (AvgIpc) is 2.67. The summed E-state index contributed by atoms with van der Waals surface area (Å²) < 4.78 is 5.14. The molecule has 1 aliphatic heterocycles. The summed E-state index contributed by atoms with van der Waals surface area (Å²) in [6.07, 6.45) is 5.33. The molecule has 1 saturated carbocycles. The van der Waals surface area contributed by atoms with Crippen LogP contribution in [0.25, 0.3) is 0 Å². The quantitative estimate of drug-likeness (QED) is 0.852. The number of amides is 1. The molecule has 2 fully saturated rings. The minimum atomic E-state index is 0.00561. The molecule has 2 N–H and O–H groups in total. The first-order valence-electron chi connectivity index (χ1n) is 9.31. The van der Waals surface area contributed by atoms with Gasteiger partial charge in [-0.2, -0.15) is 0 Å². The molecule has 1 aromatic carbocycles. The fraction of sp³-hybridized carbons (Fsp3) is 0.600. The van der Waals surface area contributed by atoms with Crippen LogP contribution in [0.5, 0.6) is 5.75 Å². The number of likely N-dealkylation sites (tertiary alicyclic amines) is 1. The molecular weight excluding hydrogens is 316 g/mol. The van der Waals surface area contributed by atoms with Crippen LogP contribution in [0.2, 0.25) is 0 Å². The number of hydrogen-bond donors (Lipinski definition) is 1. The Hall–Kier alpha value is -1.88. The van der Waals surface area contributed by atoms with Crippen LogP contribution in [0.15, 0.2) is 24.3 Å². The van der Waals surface area contributed by atoms with Gasteiger partial charge in [-0.05, 0) is 56.4 Å². The second-order valence-corrected chi connectivity index (χ2v) is 7.32. The standard InChI is InChI=1S/C20H28N2O3/c1-25-18-7-5-14(6-8-18)19(23)15-9-11-22(12-10-15)20(24)16-3-2-4-17(21)13-16/h5-8,15-17H,2-4,9-13,21H2,1H3. The molecule has 1 heterocycles. The first kappa shape index (κ1) is 17.9. The Balaban J connectivity index is 1.54. The lowest BCUT2D eigenvalue weighted by molar-refractivity contribution is -0.138. The van der Waals surface area contributed by atoms with Crippen molar-refractivity contribution in [2.45, 2.75) is 44.6 Å². The van der Waals surface area contributed by atoms with E-state index in [9.17, 15) is 9.59 Å². The Morgan fingerprint density at radius 2 is 1.72 bits per heavy atom. The van der Waals surface area contributed by atoms with Crippen LogP contribution in [-0.4, -0.2) is 42.8 Å². The fourth-order valence-corrected chi connectivity index (χ4v) is 4.06. The van der Waals surface area contributed by atoms with Gasteiger partial charge in [0, 0.05) is 36.5 Å². The Morgan fingerprint density at radius 3 is 2.32 bits per heavy atom. The summed E-state index contributed by atoms with van der Waals surface area (Å²) >= 11 is 0. The fourth-order valence-electron chi connectivity index (χ4n) is 4.06. The van der Waals surface area contributed by atoms with Crippen LogP contribution in [0.4, 0.5) is 0 Å². The summed E-state index contributed by atoms with van der Waals surface area (Å²) in [6.45, 7) is 1.36. The van der Waals surface area contributed by atoms with E-state index >= 15 is 0 Å². The van der Waals surface area contributed by atoms with Gasteiger partial charge in [0.05, 0.1) is 7.11 Å². The van der Waals surface area contributed by atoms with E-state index in [0.717, 1.165) is 49.8 Å². The maximum absolute atomic E-state index is 12.7. The van der Waals surface area contributed by atoms with E-state index in [2.05, 4.69) is 0 Å². The number of hydrogen-bond acceptors (Lipinski definition) is 4.